The van der Waals surface area contributed by atoms with Crippen molar-refractivity contribution in [1.82, 2.24) is 20.0 Å². The van der Waals surface area contributed by atoms with Gasteiger partial charge in [-0.2, -0.15) is 5.10 Å². The van der Waals surface area contributed by atoms with Crippen molar-refractivity contribution < 1.29 is 9.59 Å². The lowest BCUT2D eigenvalue weighted by atomic mass is 10.0. The van der Waals surface area contributed by atoms with Gasteiger partial charge in [-0.05, 0) is 36.6 Å². The van der Waals surface area contributed by atoms with Crippen LogP contribution in [-0.4, -0.2) is 64.5 Å². The third kappa shape index (κ3) is 4.30. The average Bonchev–Trinajstić information content (AvgIpc) is 3.29. The Labute approximate surface area is 200 Å². The second kappa shape index (κ2) is 9.33. The summed E-state index contributed by atoms with van der Waals surface area (Å²) in [4.78, 5) is 32.5. The van der Waals surface area contributed by atoms with Crippen molar-refractivity contribution in [3.8, 4) is 0 Å². The zero-order chi connectivity index (χ0) is 23.7. The highest BCUT2D eigenvalue weighted by molar-refractivity contribution is 5.94. The molecule has 1 N–H and O–H groups in total. The van der Waals surface area contributed by atoms with Gasteiger partial charge in [-0.3, -0.25) is 14.7 Å². The summed E-state index contributed by atoms with van der Waals surface area (Å²) >= 11 is 0. The van der Waals surface area contributed by atoms with E-state index in [0.717, 1.165) is 35.5 Å². The molecule has 1 aromatic heterocycles. The number of H-pyrrole nitrogens is 1. The lowest BCUT2D eigenvalue weighted by Gasteiger charge is -2.36. The molecule has 34 heavy (non-hydrogen) atoms. The van der Waals surface area contributed by atoms with Gasteiger partial charge >= 0.3 is 0 Å². The maximum Gasteiger partial charge on any atom is 0.274 e. The Morgan fingerprint density at radius 1 is 0.882 bits per heavy atom. The number of hydrogen-bond donors (Lipinski definition) is 1. The Balaban J connectivity index is 1.25. The van der Waals surface area contributed by atoms with Crippen LogP contribution in [0.4, 0.5) is 5.69 Å². The quantitative estimate of drug-likeness (QED) is 0.654. The zero-order valence-electron chi connectivity index (χ0n) is 19.9. The van der Waals surface area contributed by atoms with Crippen LogP contribution in [0.1, 0.15) is 38.4 Å². The molecule has 2 aromatic carbocycles. The number of nitrogens with one attached hydrogen (secondary N) is 1. The molecule has 0 unspecified atom stereocenters. The van der Waals surface area contributed by atoms with E-state index >= 15 is 0 Å². The molecule has 3 aromatic rings. The summed E-state index contributed by atoms with van der Waals surface area (Å²) in [7, 11) is 0. The van der Waals surface area contributed by atoms with Crippen LogP contribution in [0.2, 0.25) is 0 Å². The number of fused-ring (bicyclic) bond motifs is 1. The Kier molecular flexibility index (Phi) is 6.09. The predicted molar refractivity (Wildman–Crippen MR) is 132 cm³/mol. The number of aromatic nitrogens is 2. The minimum Gasteiger partial charge on any atom is -0.368 e. The summed E-state index contributed by atoms with van der Waals surface area (Å²) in [5, 5.41) is 7.45. The van der Waals surface area contributed by atoms with Gasteiger partial charge in [0, 0.05) is 62.6 Å². The standard InChI is InChI=1S/C27H31N5O2/c1-19-7-3-5-9-21(19)17-25(33)32-12-11-23-22(18-32)26(29-28-23)27(34)31-15-13-30(14-16-31)24-10-6-4-8-20(24)2/h3-10H,11-18H2,1-2H3,(H,28,29). The van der Waals surface area contributed by atoms with Crippen LogP contribution in [-0.2, 0) is 24.2 Å². The van der Waals surface area contributed by atoms with Crippen LogP contribution < -0.4 is 4.90 Å². The molecule has 2 amide bonds. The lowest BCUT2D eigenvalue weighted by Crippen LogP contribution is -2.49. The second-order valence-electron chi connectivity index (χ2n) is 9.26. The largest absolute Gasteiger partial charge is 0.368 e. The molecule has 5 rings (SSSR count). The fourth-order valence-electron chi connectivity index (χ4n) is 4.99. The highest BCUT2D eigenvalue weighted by atomic mass is 16.2. The summed E-state index contributed by atoms with van der Waals surface area (Å²) in [6.45, 7) is 8.13. The predicted octanol–water partition coefficient (Wildman–Crippen LogP) is 3.12. The van der Waals surface area contributed by atoms with Crippen LogP contribution >= 0.6 is 0 Å². The summed E-state index contributed by atoms with van der Waals surface area (Å²) in [5.41, 5.74) is 6.96. The fourth-order valence-corrected chi connectivity index (χ4v) is 4.99. The first kappa shape index (κ1) is 22.2. The van der Waals surface area contributed by atoms with Crippen LogP contribution in [0.5, 0.6) is 0 Å². The van der Waals surface area contributed by atoms with E-state index in [-0.39, 0.29) is 11.8 Å². The SMILES string of the molecule is Cc1ccccc1CC(=O)N1CCc2[nH]nc(C(=O)N3CCN(c4ccccc4C)CC3)c2C1. The fraction of sp³-hybridized carbons (Fsp3) is 0.370. The number of carbonyl (C=O) groups excluding carboxylic acids is 2. The molecule has 0 atom stereocenters. The molecule has 176 valence electrons. The van der Waals surface area contributed by atoms with Crippen molar-refractivity contribution in [1.29, 1.82) is 0 Å². The van der Waals surface area contributed by atoms with Crippen LogP contribution in [0.3, 0.4) is 0 Å². The van der Waals surface area contributed by atoms with E-state index in [1.807, 2.05) is 47.1 Å². The van der Waals surface area contributed by atoms with Crippen molar-refractivity contribution in [3.05, 3.63) is 82.2 Å². The molecule has 3 heterocycles. The summed E-state index contributed by atoms with van der Waals surface area (Å²) < 4.78 is 0. The monoisotopic (exact) mass is 457 g/mol. The molecular weight excluding hydrogens is 426 g/mol. The second-order valence-corrected chi connectivity index (χ2v) is 9.26. The van der Waals surface area contributed by atoms with Crippen LogP contribution in [0, 0.1) is 13.8 Å². The number of benzene rings is 2. The van der Waals surface area contributed by atoms with Crippen molar-refractivity contribution in [3.63, 3.8) is 0 Å². The minimum atomic E-state index is -0.0462. The number of anilines is 1. The first-order valence-electron chi connectivity index (χ1n) is 12.0. The number of carbonyl (C=O) groups is 2. The molecule has 1 fully saturated rings. The van der Waals surface area contributed by atoms with E-state index in [1.165, 1.54) is 11.3 Å². The number of rotatable bonds is 4. The number of hydrogen-bond acceptors (Lipinski definition) is 4. The molecule has 7 nitrogen and oxygen atoms in total. The highest BCUT2D eigenvalue weighted by Crippen LogP contribution is 2.25. The van der Waals surface area contributed by atoms with Gasteiger partial charge in [0.25, 0.3) is 5.91 Å². The van der Waals surface area contributed by atoms with Gasteiger partial charge in [0.2, 0.25) is 5.91 Å². The van der Waals surface area contributed by atoms with Gasteiger partial charge in [-0.1, -0.05) is 42.5 Å². The van der Waals surface area contributed by atoms with E-state index in [1.54, 1.807) is 0 Å². The van der Waals surface area contributed by atoms with Crippen molar-refractivity contribution in [2.75, 3.05) is 37.6 Å². The Bertz CT molecular complexity index is 1210. The van der Waals surface area contributed by atoms with E-state index in [0.29, 0.717) is 44.7 Å². The van der Waals surface area contributed by atoms with Gasteiger partial charge in [-0.15, -0.1) is 0 Å². The average molecular weight is 458 g/mol. The first-order chi connectivity index (χ1) is 16.5. The molecule has 7 heteroatoms. The smallest absolute Gasteiger partial charge is 0.274 e. The molecule has 0 radical (unpaired) electrons. The molecule has 0 bridgehead atoms. The summed E-state index contributed by atoms with van der Waals surface area (Å²) in [6.07, 6.45) is 1.07. The molecule has 2 aliphatic rings. The third-order valence-electron chi connectivity index (χ3n) is 7.11. The molecule has 0 aliphatic carbocycles. The zero-order valence-corrected chi connectivity index (χ0v) is 19.9. The van der Waals surface area contributed by atoms with E-state index in [9.17, 15) is 9.59 Å². The number of aromatic amines is 1. The van der Waals surface area contributed by atoms with E-state index in [4.69, 9.17) is 0 Å². The van der Waals surface area contributed by atoms with Gasteiger partial charge in [0.15, 0.2) is 5.69 Å². The number of amides is 2. The topological polar surface area (TPSA) is 72.5 Å². The van der Waals surface area contributed by atoms with Crippen LogP contribution in [0.25, 0.3) is 0 Å². The normalized spacial score (nSPS) is 15.9. The lowest BCUT2D eigenvalue weighted by molar-refractivity contribution is -0.131. The molecule has 0 spiro atoms. The van der Waals surface area contributed by atoms with E-state index in [2.05, 4.69) is 40.2 Å². The molecular formula is C27H31N5O2. The van der Waals surface area contributed by atoms with Crippen molar-refractivity contribution in [2.45, 2.75) is 33.2 Å². The summed E-state index contributed by atoms with van der Waals surface area (Å²) in [5.74, 6) is 0.0431. The number of nitrogens with zero attached hydrogens (tertiary/aromatic N) is 4. The Hall–Kier alpha value is -3.61. The first-order valence-corrected chi connectivity index (χ1v) is 12.0. The Morgan fingerprint density at radius 2 is 1.59 bits per heavy atom. The summed E-state index contributed by atoms with van der Waals surface area (Å²) in [6, 6.07) is 16.4. The number of piperazine rings is 1. The van der Waals surface area contributed by atoms with Gasteiger partial charge in [0.05, 0.1) is 6.42 Å². The molecule has 1 saturated heterocycles. The van der Waals surface area contributed by atoms with Gasteiger partial charge in [-0.25, -0.2) is 0 Å². The van der Waals surface area contributed by atoms with Gasteiger partial charge in [0.1, 0.15) is 0 Å². The van der Waals surface area contributed by atoms with Crippen molar-refractivity contribution in [2.24, 2.45) is 0 Å². The number of para-hydroxylation sites is 1. The maximum absolute atomic E-state index is 13.4. The van der Waals surface area contributed by atoms with Crippen LogP contribution in [0.15, 0.2) is 48.5 Å². The van der Waals surface area contributed by atoms with E-state index < -0.39 is 0 Å². The maximum atomic E-state index is 13.4. The molecule has 2 aliphatic heterocycles. The Morgan fingerprint density at radius 3 is 2.32 bits per heavy atom. The minimum absolute atomic E-state index is 0.0462. The van der Waals surface area contributed by atoms with Gasteiger partial charge < -0.3 is 14.7 Å². The third-order valence-corrected chi connectivity index (χ3v) is 7.11. The molecule has 0 saturated carbocycles. The number of aryl methyl sites for hydroxylation is 2. The van der Waals surface area contributed by atoms with Crippen molar-refractivity contribution >= 4 is 17.5 Å². The highest BCUT2D eigenvalue weighted by Gasteiger charge is 2.31.